The number of phosphoric acid groups is 5. The van der Waals surface area contributed by atoms with Crippen molar-refractivity contribution in [2.24, 2.45) is 0 Å². The van der Waals surface area contributed by atoms with Gasteiger partial charge in [-0.15, -0.1) is 0 Å². The minimum atomic E-state index is -5.39. The standard InChI is InChI=1S/3Fe.5H3O4P.3Zn/c;;;5*1-5(2,3)4;;;/h;;;5*(H3,1,2,3,4);;;/q3*+3;;;;;;3*+2/p-15. The summed E-state index contributed by atoms with van der Waals surface area (Å²) in [7, 11) is -26.9. The maximum atomic E-state index is 8.55. The SMILES string of the molecule is O=P([O-])([O-])[O-].O=P([O-])([O-])[O-].O=P([O-])([O-])[O-].O=P([O-])([O-])[O-].O=P([O-])([O-])[O-].[Fe+3].[Fe+3].[Fe+3].[Zn+2].[Zn+2].[Zn+2]. The molecule has 0 aliphatic heterocycles. The fraction of sp³-hybridized carbons (Fsp3) is 0. The molecule has 0 atom stereocenters. The Balaban J connectivity index is -0.0000000171. The van der Waals surface area contributed by atoms with Gasteiger partial charge < -0.3 is 96.2 Å². The predicted octanol–water partition coefficient (Wildman–Crippen LogP) is -14.1. The maximum absolute atomic E-state index is 8.55. The van der Waals surface area contributed by atoms with Crippen LogP contribution in [0.3, 0.4) is 0 Å². The van der Waals surface area contributed by atoms with Crippen molar-refractivity contribution < 1.29 is 206 Å². The molecule has 175 valence electrons. The number of hydrogen-bond donors (Lipinski definition) is 0. The van der Waals surface area contributed by atoms with Gasteiger partial charge in [0, 0.05) is 0 Å². The molecular formula is Fe3O20P5Zn3. The molecule has 0 aromatic rings. The van der Waals surface area contributed by atoms with Gasteiger partial charge in [-0.2, -0.15) is 39.1 Å². The molecule has 0 aliphatic rings. The van der Waals surface area contributed by atoms with Crippen molar-refractivity contribution in [3.05, 3.63) is 0 Å². The first-order chi connectivity index (χ1) is 10.0. The summed E-state index contributed by atoms with van der Waals surface area (Å²) in [5.74, 6) is 0. The van der Waals surface area contributed by atoms with Crippen LogP contribution in [0.15, 0.2) is 0 Å². The molecule has 31 heavy (non-hydrogen) atoms. The third-order valence-corrected chi connectivity index (χ3v) is 0. The third-order valence-electron chi connectivity index (χ3n) is 0. The second kappa shape index (κ2) is 32.0. The van der Waals surface area contributed by atoms with Crippen LogP contribution in [-0.2, 0) is 132 Å². The molecule has 0 unspecified atom stereocenters. The largest absolute Gasteiger partial charge is 3.00 e. The Bertz CT molecular complexity index is 393. The summed E-state index contributed by atoms with van der Waals surface area (Å²) < 4.78 is 42.7. The van der Waals surface area contributed by atoms with Gasteiger partial charge in [-0.25, -0.2) is 0 Å². The Morgan fingerprint density at radius 1 is 0.258 bits per heavy atom. The van der Waals surface area contributed by atoms with Crippen LogP contribution >= 0.6 is 39.1 Å². The fourth-order valence-corrected chi connectivity index (χ4v) is 0. The van der Waals surface area contributed by atoms with E-state index in [2.05, 4.69) is 0 Å². The van der Waals surface area contributed by atoms with E-state index >= 15 is 0 Å². The van der Waals surface area contributed by atoms with E-state index in [1.165, 1.54) is 0 Å². The van der Waals surface area contributed by atoms with Crippen molar-refractivity contribution in [2.45, 2.75) is 0 Å². The van der Waals surface area contributed by atoms with Crippen LogP contribution in [0.25, 0.3) is 0 Å². The van der Waals surface area contributed by atoms with Gasteiger partial charge in [0.2, 0.25) is 0 Å². The maximum Gasteiger partial charge on any atom is 3.00 e. The van der Waals surface area contributed by atoms with Gasteiger partial charge in [0.05, 0.1) is 0 Å². The summed E-state index contributed by atoms with van der Waals surface area (Å²) in [5.41, 5.74) is 0. The molecule has 0 aliphatic carbocycles. The summed E-state index contributed by atoms with van der Waals surface area (Å²) in [6.07, 6.45) is 0. The van der Waals surface area contributed by atoms with Crippen LogP contribution in [0.5, 0.6) is 0 Å². The number of rotatable bonds is 0. The average molecular weight is 839 g/mol. The van der Waals surface area contributed by atoms with Crippen LogP contribution in [-0.4, -0.2) is 0 Å². The van der Waals surface area contributed by atoms with Gasteiger partial charge in [-0.3, -0.25) is 0 Å². The van der Waals surface area contributed by atoms with Crippen LogP contribution in [0.1, 0.15) is 0 Å². The van der Waals surface area contributed by atoms with Crippen LogP contribution < -0.4 is 73.4 Å². The van der Waals surface area contributed by atoms with E-state index in [1.54, 1.807) is 0 Å². The average Bonchev–Trinajstić information content (AvgIpc) is 1.79. The summed E-state index contributed by atoms with van der Waals surface area (Å²) in [5, 5.41) is 0. The van der Waals surface area contributed by atoms with Gasteiger partial charge >= 0.3 is 110 Å². The first-order valence-electron chi connectivity index (χ1n) is 3.65. The van der Waals surface area contributed by atoms with Crippen molar-refractivity contribution in [1.82, 2.24) is 0 Å². The molecular weight excluding hydrogens is 839 g/mol. The summed E-state index contributed by atoms with van der Waals surface area (Å²) in [6, 6.07) is 0. The van der Waals surface area contributed by atoms with Crippen LogP contribution in [0.4, 0.5) is 0 Å². The Hall–Kier alpha value is 3.98. The quantitative estimate of drug-likeness (QED) is 0.161. The smallest absolute Gasteiger partial charge is 0.822 e. The Morgan fingerprint density at radius 2 is 0.258 bits per heavy atom. The molecule has 3 radical (unpaired) electrons. The Labute approximate surface area is 242 Å². The monoisotopic (exact) mass is 834 g/mol. The fourth-order valence-electron chi connectivity index (χ4n) is 0. The van der Waals surface area contributed by atoms with Gasteiger partial charge in [-0.1, -0.05) is 0 Å². The zero-order valence-corrected chi connectivity index (χ0v) is 30.3. The summed E-state index contributed by atoms with van der Waals surface area (Å²) in [4.78, 5) is 128. The Morgan fingerprint density at radius 3 is 0.258 bits per heavy atom. The van der Waals surface area contributed by atoms with Crippen LogP contribution in [0, 0.1) is 0 Å². The van der Waals surface area contributed by atoms with Crippen LogP contribution in [0.2, 0.25) is 0 Å². The molecule has 0 aromatic heterocycles. The molecule has 0 fully saturated rings. The molecule has 0 saturated heterocycles. The summed E-state index contributed by atoms with van der Waals surface area (Å²) >= 11 is 0. The van der Waals surface area contributed by atoms with E-state index < -0.39 is 39.1 Å². The van der Waals surface area contributed by atoms with Crippen molar-refractivity contribution >= 4 is 39.1 Å². The van der Waals surface area contributed by atoms with Crippen molar-refractivity contribution in [3.63, 3.8) is 0 Å². The Kier molecular flexibility index (Phi) is 72.5. The zero-order chi connectivity index (χ0) is 22.5. The van der Waals surface area contributed by atoms with E-state index in [0.29, 0.717) is 0 Å². The third kappa shape index (κ3) is 2200. The van der Waals surface area contributed by atoms with E-state index in [4.69, 9.17) is 96.2 Å². The molecule has 0 saturated carbocycles. The van der Waals surface area contributed by atoms with Gasteiger partial charge in [0.15, 0.2) is 0 Å². The molecule has 0 bridgehead atoms. The van der Waals surface area contributed by atoms with Gasteiger partial charge in [-0.05, 0) is 0 Å². The molecule has 20 nitrogen and oxygen atoms in total. The molecule has 31 heteroatoms. The van der Waals surface area contributed by atoms with Gasteiger partial charge in [0.1, 0.15) is 0 Å². The van der Waals surface area contributed by atoms with Crippen molar-refractivity contribution in [1.29, 1.82) is 0 Å². The molecule has 0 amide bonds. The van der Waals surface area contributed by atoms with E-state index in [9.17, 15) is 0 Å². The molecule has 0 N–H and O–H groups in total. The second-order valence-electron chi connectivity index (χ2n) is 2.24. The molecule has 0 rings (SSSR count). The normalized spacial score (nSPS) is 9.52. The molecule has 0 heterocycles. The number of hydrogen-bond acceptors (Lipinski definition) is 20. The second-order valence-corrected chi connectivity index (χ2v) is 6.71. The topological polar surface area (TPSA) is 431 Å². The van der Waals surface area contributed by atoms with Crippen molar-refractivity contribution in [2.75, 3.05) is 0 Å². The first kappa shape index (κ1) is 70.2. The van der Waals surface area contributed by atoms with E-state index in [0.717, 1.165) is 0 Å². The first-order valence-corrected chi connectivity index (χ1v) is 11.0. The van der Waals surface area contributed by atoms with Crippen molar-refractivity contribution in [3.8, 4) is 0 Å². The predicted molar refractivity (Wildman–Crippen MR) is 38.0 cm³/mol. The molecule has 0 spiro atoms. The minimum absolute atomic E-state index is 0. The van der Waals surface area contributed by atoms with E-state index in [-0.39, 0.29) is 110 Å². The zero-order valence-electron chi connectivity index (χ0n) is 13.6. The van der Waals surface area contributed by atoms with Gasteiger partial charge in [0.25, 0.3) is 0 Å². The molecule has 0 aromatic carbocycles. The summed E-state index contributed by atoms with van der Waals surface area (Å²) in [6.45, 7) is 0. The van der Waals surface area contributed by atoms with E-state index in [1.807, 2.05) is 0 Å². The minimum Gasteiger partial charge on any atom is -0.822 e.